The molecule has 13 heteroatoms. The molecule has 0 spiro atoms. The Hall–Kier alpha value is -3.11. The number of fused-ring (bicyclic) bond motifs is 4. The molecule has 0 bridgehead atoms. The third kappa shape index (κ3) is 17.0. The molecule has 3 aliphatic rings. The van der Waals surface area contributed by atoms with Crippen molar-refractivity contribution in [1.29, 1.82) is 0 Å². The van der Waals surface area contributed by atoms with Gasteiger partial charge in [0.1, 0.15) is 0 Å². The van der Waals surface area contributed by atoms with E-state index in [9.17, 15) is 19.5 Å². The first-order valence-electron chi connectivity index (χ1n) is 28.7. The van der Waals surface area contributed by atoms with Gasteiger partial charge in [-0.3, -0.25) is 14.4 Å². The van der Waals surface area contributed by atoms with E-state index < -0.39 is 0 Å². The zero-order valence-corrected chi connectivity index (χ0v) is 54.4. The van der Waals surface area contributed by atoms with Crippen LogP contribution in [0, 0.1) is 11.8 Å². The minimum Gasteiger partial charge on any atom is -1.00 e. The highest BCUT2D eigenvalue weighted by molar-refractivity contribution is 9.11. The van der Waals surface area contributed by atoms with Crippen LogP contribution in [0.3, 0.4) is 0 Å². The number of nitrogens with one attached hydrogen (secondary N) is 1. The topological polar surface area (TPSA) is 106 Å². The Morgan fingerprint density at radius 1 is 0.519 bits per heavy atom. The van der Waals surface area contributed by atoms with Crippen LogP contribution in [0.5, 0.6) is 5.88 Å². The number of aromatic nitrogens is 1. The SMILES string of the molecule is CCCCCCCCCCCCC(CCCCCCCCCC)CCCN1C(=O)/C(=C2/C(=O)N(CCCC(C)C)c3cc(Br)ccc32)c2ccc(Br)cc21.O=C1N=c2cc(Br)ccc2=C1c1c(O)[nH]c2cc(Br)ccc12.[I-]. The van der Waals surface area contributed by atoms with E-state index in [0.717, 1.165) is 88.1 Å². The minimum atomic E-state index is -0.341. The van der Waals surface area contributed by atoms with Crippen LogP contribution in [0.15, 0.2) is 95.7 Å². The van der Waals surface area contributed by atoms with Crippen molar-refractivity contribution in [2.75, 3.05) is 22.9 Å². The number of carbonyl (C=O) groups excluding carboxylic acids is 3. The summed E-state index contributed by atoms with van der Waals surface area (Å²) in [5.41, 5.74) is 6.39. The van der Waals surface area contributed by atoms with Crippen LogP contribution in [0.25, 0.3) is 27.6 Å². The lowest BCUT2D eigenvalue weighted by atomic mass is 9.90. The van der Waals surface area contributed by atoms with E-state index in [4.69, 9.17) is 0 Å². The van der Waals surface area contributed by atoms with Crippen LogP contribution in [0.2, 0.25) is 0 Å². The number of aromatic amines is 1. The van der Waals surface area contributed by atoms with E-state index >= 15 is 0 Å². The number of aromatic hydroxyl groups is 1. The fourth-order valence-corrected chi connectivity index (χ4v) is 12.8. The van der Waals surface area contributed by atoms with Crippen molar-refractivity contribution >= 4 is 120 Å². The van der Waals surface area contributed by atoms with Gasteiger partial charge in [0, 0.05) is 52.7 Å². The second-order valence-corrected chi connectivity index (χ2v) is 25.4. The van der Waals surface area contributed by atoms with E-state index in [2.05, 4.69) is 107 Å². The number of benzene rings is 4. The van der Waals surface area contributed by atoms with Crippen molar-refractivity contribution in [1.82, 2.24) is 4.98 Å². The van der Waals surface area contributed by atoms with Gasteiger partial charge in [0.25, 0.3) is 17.7 Å². The number of amides is 3. The molecule has 1 atom stereocenters. The van der Waals surface area contributed by atoms with Crippen molar-refractivity contribution in [2.45, 2.75) is 182 Å². The molecule has 8 nitrogen and oxygen atoms in total. The lowest BCUT2D eigenvalue weighted by molar-refractivity contribution is -0.114. The minimum absolute atomic E-state index is 0. The first-order valence-corrected chi connectivity index (χ1v) is 31.9. The first kappa shape index (κ1) is 63.1. The molecule has 77 heavy (non-hydrogen) atoms. The Morgan fingerprint density at radius 2 is 0.948 bits per heavy atom. The van der Waals surface area contributed by atoms with E-state index in [1.165, 1.54) is 128 Å². The number of H-pyrrole nitrogens is 1. The highest BCUT2D eigenvalue weighted by Crippen LogP contribution is 2.48. The monoisotopic (exact) mass is 1410 g/mol. The molecule has 0 saturated heterocycles. The number of hydrogen-bond donors (Lipinski definition) is 2. The van der Waals surface area contributed by atoms with Gasteiger partial charge < -0.3 is 43.9 Å². The summed E-state index contributed by atoms with van der Waals surface area (Å²) in [5, 5.41) is 12.4. The third-order valence-electron chi connectivity index (χ3n) is 15.5. The third-order valence-corrected chi connectivity index (χ3v) is 17.4. The Labute approximate surface area is 509 Å². The van der Waals surface area contributed by atoms with Crippen LogP contribution < -0.4 is 44.4 Å². The molecule has 5 aromatic rings. The normalized spacial score (nSPS) is 15.0. The average molecular weight is 1420 g/mol. The smallest absolute Gasteiger partial charge is 0.279 e. The lowest BCUT2D eigenvalue weighted by Crippen LogP contribution is -3.00. The summed E-state index contributed by atoms with van der Waals surface area (Å²) in [6.45, 7) is 10.4. The summed E-state index contributed by atoms with van der Waals surface area (Å²) in [7, 11) is 0. The van der Waals surface area contributed by atoms with Gasteiger partial charge in [-0.15, -0.1) is 0 Å². The van der Waals surface area contributed by atoms with Gasteiger partial charge in [0.2, 0.25) is 0 Å². The van der Waals surface area contributed by atoms with E-state index in [1.807, 2.05) is 70.5 Å². The number of halogens is 5. The molecule has 0 radical (unpaired) electrons. The maximum Gasteiger partial charge on any atom is 0.279 e. The van der Waals surface area contributed by atoms with Crippen molar-refractivity contribution in [3.63, 3.8) is 0 Å². The molecule has 0 aliphatic carbocycles. The average Bonchev–Trinajstić information content (AvgIpc) is 4.07. The summed E-state index contributed by atoms with van der Waals surface area (Å²) in [6.07, 6.45) is 31.4. The lowest BCUT2D eigenvalue weighted by Gasteiger charge is -2.21. The fraction of sp³-hybridized carbons (Fsp3) is 0.500. The quantitative estimate of drug-likeness (QED) is 0.0283. The molecule has 3 amide bonds. The van der Waals surface area contributed by atoms with Gasteiger partial charge in [-0.05, 0) is 86.1 Å². The molecule has 3 aliphatic heterocycles. The Kier molecular flexibility index (Phi) is 26.0. The first-order chi connectivity index (χ1) is 36.8. The Bertz CT molecular complexity index is 2970. The predicted molar refractivity (Wildman–Crippen MR) is 330 cm³/mol. The predicted octanol–water partition coefficient (Wildman–Crippen LogP) is 15.3. The van der Waals surface area contributed by atoms with E-state index in [1.54, 1.807) is 6.07 Å². The number of unbranched alkanes of at least 4 members (excludes halogenated alkanes) is 16. The molecular weight excluding hydrogens is 1340 g/mol. The van der Waals surface area contributed by atoms with Gasteiger partial charge >= 0.3 is 0 Å². The maximum atomic E-state index is 14.6. The standard InChI is InChI=1S/C48H72Br2N2O2.C16H8Br2N2O2.HI/c1-5-7-9-11-13-15-16-18-20-22-27-38(26-21-19-17-14-12-10-8-6-2)28-24-34-52-44-36-40(50)30-32-42(44)46(48(52)54)45-41-31-29-39(49)35-43(41)51(47(45)53)33-23-25-37(3)4;17-7-1-3-9-11(5-7)19-15(21)13(9)14-10-4-2-8(18)6-12(10)20-16(14)22;/h29-32,35-38H,5-28,33-34H2,1-4H3;1-6,19,21H;1H/p-1/b46-45+;;. The summed E-state index contributed by atoms with van der Waals surface area (Å²) in [5.74, 6) is 0.853. The molecule has 4 aromatic carbocycles. The molecule has 0 saturated carbocycles. The van der Waals surface area contributed by atoms with Crippen LogP contribution >= 0.6 is 63.7 Å². The van der Waals surface area contributed by atoms with Crippen molar-refractivity contribution < 1.29 is 43.5 Å². The molecule has 8 rings (SSSR count). The Morgan fingerprint density at radius 3 is 1.45 bits per heavy atom. The molecule has 0 fully saturated rings. The second kappa shape index (κ2) is 31.8. The van der Waals surface area contributed by atoms with Crippen molar-refractivity contribution in [2.24, 2.45) is 16.8 Å². The van der Waals surface area contributed by atoms with Gasteiger partial charge in [-0.25, -0.2) is 4.99 Å². The number of nitrogens with zero attached hydrogens (tertiary/aromatic N) is 3. The molecule has 1 aromatic heterocycles. The summed E-state index contributed by atoms with van der Waals surface area (Å²) >= 11 is 14.1. The second-order valence-electron chi connectivity index (χ2n) is 21.8. The van der Waals surface area contributed by atoms with E-state index in [0.29, 0.717) is 46.6 Å². The number of anilines is 2. The molecule has 4 heterocycles. The maximum absolute atomic E-state index is 14.6. The summed E-state index contributed by atoms with van der Waals surface area (Å²) < 4.78 is 3.65. The largest absolute Gasteiger partial charge is 1.00 e. The fourth-order valence-electron chi connectivity index (χ4n) is 11.4. The molecular formula is C64H80Br4IN4O4-. The number of hydrogen-bond acceptors (Lipinski definition) is 4. The molecule has 1 unspecified atom stereocenters. The van der Waals surface area contributed by atoms with Crippen LogP contribution in [0.4, 0.5) is 11.4 Å². The summed E-state index contributed by atoms with van der Waals surface area (Å²) in [4.78, 5) is 52.1. The van der Waals surface area contributed by atoms with Gasteiger partial charge in [0.15, 0.2) is 5.88 Å². The molecule has 416 valence electrons. The van der Waals surface area contributed by atoms with Crippen molar-refractivity contribution in [3.8, 4) is 5.88 Å². The van der Waals surface area contributed by atoms with Gasteiger partial charge in [-0.1, -0.05) is 244 Å². The number of rotatable bonds is 29. The van der Waals surface area contributed by atoms with Gasteiger partial charge in [0.05, 0.1) is 44.5 Å². The molecule has 2 N–H and O–H groups in total. The zero-order valence-electron chi connectivity index (χ0n) is 45.9. The van der Waals surface area contributed by atoms with Crippen LogP contribution in [0.1, 0.15) is 198 Å². The number of carbonyl (C=O) groups is 3. The highest BCUT2D eigenvalue weighted by Gasteiger charge is 2.42. The Balaban J connectivity index is 0.000000344. The van der Waals surface area contributed by atoms with Gasteiger partial charge in [-0.2, -0.15) is 0 Å². The zero-order chi connectivity index (χ0) is 54.1. The highest BCUT2D eigenvalue weighted by atomic mass is 127. The van der Waals surface area contributed by atoms with Crippen LogP contribution in [-0.2, 0) is 14.4 Å². The summed E-state index contributed by atoms with van der Waals surface area (Å²) in [6, 6.07) is 23.2. The van der Waals surface area contributed by atoms with E-state index in [-0.39, 0.29) is 47.6 Å². The van der Waals surface area contributed by atoms with Crippen molar-refractivity contribution in [3.05, 3.63) is 118 Å². The van der Waals surface area contributed by atoms with Crippen LogP contribution in [-0.4, -0.2) is 40.9 Å².